The van der Waals surface area contributed by atoms with Crippen LogP contribution in [0.5, 0.6) is 0 Å². The van der Waals surface area contributed by atoms with Gasteiger partial charge in [0.05, 0.1) is 16.6 Å². The summed E-state index contributed by atoms with van der Waals surface area (Å²) < 4.78 is 6.47. The molecule has 0 saturated carbocycles. The number of amides is 1. The lowest BCUT2D eigenvalue weighted by molar-refractivity contribution is -0.0764. The van der Waals surface area contributed by atoms with E-state index in [1.54, 1.807) is 11.3 Å². The number of carbonyl (C=O) groups excluding carboxylic acids is 1. The molecule has 31 heavy (non-hydrogen) atoms. The first-order valence-electron chi connectivity index (χ1n) is 10.8. The third-order valence-electron chi connectivity index (χ3n) is 6.22. The van der Waals surface area contributed by atoms with Crippen molar-refractivity contribution in [1.29, 1.82) is 0 Å². The summed E-state index contributed by atoms with van der Waals surface area (Å²) in [5, 5.41) is 7.78. The van der Waals surface area contributed by atoms with E-state index in [-0.39, 0.29) is 17.6 Å². The number of hydrogen-bond donors (Lipinski definition) is 1. The normalized spacial score (nSPS) is 20.8. The molecule has 2 aliphatic rings. The van der Waals surface area contributed by atoms with E-state index >= 15 is 0 Å². The number of nitrogens with one attached hydrogen (secondary N) is 1. The number of ether oxygens (including phenoxy) is 1. The average Bonchev–Trinajstić information content (AvgIpc) is 3.56. The maximum atomic E-state index is 12.5. The molecule has 3 aromatic rings. The highest BCUT2D eigenvalue weighted by Crippen LogP contribution is 2.39. The van der Waals surface area contributed by atoms with Crippen molar-refractivity contribution in [1.82, 2.24) is 20.2 Å². The summed E-state index contributed by atoms with van der Waals surface area (Å²) in [4.78, 5) is 24.7. The summed E-state index contributed by atoms with van der Waals surface area (Å²) in [5.74, 6) is -0.115. The van der Waals surface area contributed by atoms with Gasteiger partial charge < -0.3 is 10.1 Å². The van der Waals surface area contributed by atoms with Crippen molar-refractivity contribution < 1.29 is 9.53 Å². The van der Waals surface area contributed by atoms with Crippen LogP contribution < -0.4 is 5.32 Å². The Morgan fingerprint density at radius 3 is 2.81 bits per heavy atom. The minimum atomic E-state index is -0.115. The van der Waals surface area contributed by atoms with Crippen molar-refractivity contribution in [2.75, 3.05) is 19.6 Å². The lowest BCUT2D eigenvalue weighted by Gasteiger charge is -2.39. The number of thiophene rings is 1. The van der Waals surface area contributed by atoms with Crippen LogP contribution >= 0.6 is 22.7 Å². The molecule has 3 aromatic heterocycles. The fourth-order valence-corrected chi connectivity index (χ4v) is 6.07. The molecule has 0 aromatic carbocycles. The molecule has 2 aliphatic heterocycles. The van der Waals surface area contributed by atoms with Gasteiger partial charge >= 0.3 is 0 Å². The molecule has 162 valence electrons. The fourth-order valence-electron chi connectivity index (χ4n) is 4.46. The molecular formula is C23H26N4O2S2. The molecule has 6 nitrogen and oxygen atoms in total. The zero-order valence-corrected chi connectivity index (χ0v) is 19.0. The summed E-state index contributed by atoms with van der Waals surface area (Å²) >= 11 is 3.15. The number of piperidine rings is 1. The van der Waals surface area contributed by atoms with Gasteiger partial charge in [-0.05, 0) is 54.8 Å². The molecule has 0 unspecified atom stereocenters. The summed E-state index contributed by atoms with van der Waals surface area (Å²) in [7, 11) is 0. The second-order valence-corrected chi connectivity index (χ2v) is 10.1. The molecular weight excluding hydrogens is 428 g/mol. The number of nitrogens with zero attached hydrogens (tertiary/aromatic N) is 3. The van der Waals surface area contributed by atoms with Crippen molar-refractivity contribution >= 4 is 28.6 Å². The molecule has 1 N–H and O–H groups in total. The molecule has 0 radical (unpaired) electrons. The zero-order chi connectivity index (χ0) is 21.1. The highest BCUT2D eigenvalue weighted by molar-refractivity contribution is 7.20. The van der Waals surface area contributed by atoms with E-state index in [1.807, 2.05) is 35.3 Å². The summed E-state index contributed by atoms with van der Waals surface area (Å²) in [5.41, 5.74) is 1.78. The van der Waals surface area contributed by atoms with E-state index in [9.17, 15) is 4.79 Å². The van der Waals surface area contributed by atoms with Crippen molar-refractivity contribution in [2.45, 2.75) is 43.9 Å². The van der Waals surface area contributed by atoms with Crippen molar-refractivity contribution in [3.63, 3.8) is 0 Å². The first kappa shape index (κ1) is 20.8. The minimum Gasteiger partial charge on any atom is -0.370 e. The number of carbonyl (C=O) groups is 1. The maximum absolute atomic E-state index is 12.5. The molecule has 1 spiro atoms. The van der Waals surface area contributed by atoms with Gasteiger partial charge in [0.25, 0.3) is 5.91 Å². The van der Waals surface area contributed by atoms with E-state index in [4.69, 9.17) is 4.74 Å². The molecule has 5 rings (SSSR count). The predicted octanol–water partition coefficient (Wildman–Crippen LogP) is 4.21. The van der Waals surface area contributed by atoms with Gasteiger partial charge in [0, 0.05) is 44.0 Å². The quantitative estimate of drug-likeness (QED) is 0.604. The smallest absolute Gasteiger partial charge is 0.270 e. The van der Waals surface area contributed by atoms with Crippen molar-refractivity contribution in [2.24, 2.45) is 0 Å². The molecule has 2 saturated heterocycles. The standard InChI is InChI=1S/C23H26N4O2S2/c28-21(19-16-31-22(26-19)20-2-1-13-30-20)25-14-18-3-6-23(29-18)7-11-27(12-8-23)15-17-4-9-24-10-5-17/h1-2,4-5,9-10,13,16,18H,3,6-8,11-12,14-15H2,(H,25,28)/t18-/m0/s1. The molecule has 1 amide bonds. The van der Waals surface area contributed by atoms with Gasteiger partial charge in [-0.1, -0.05) is 6.07 Å². The average molecular weight is 455 g/mol. The van der Waals surface area contributed by atoms with Gasteiger partial charge in [-0.3, -0.25) is 14.7 Å². The van der Waals surface area contributed by atoms with Crippen LogP contribution in [0.1, 0.15) is 41.7 Å². The van der Waals surface area contributed by atoms with Gasteiger partial charge in [-0.25, -0.2) is 4.98 Å². The number of pyridine rings is 1. The number of likely N-dealkylation sites (tertiary alicyclic amines) is 1. The number of hydrogen-bond acceptors (Lipinski definition) is 7. The topological polar surface area (TPSA) is 67.4 Å². The second kappa shape index (κ2) is 9.16. The van der Waals surface area contributed by atoms with Crippen molar-refractivity contribution in [3.05, 3.63) is 58.7 Å². The Hall–Kier alpha value is -2.13. The van der Waals surface area contributed by atoms with Crippen LogP contribution in [0.3, 0.4) is 0 Å². The molecule has 0 bridgehead atoms. The van der Waals surface area contributed by atoms with Crippen LogP contribution in [0.4, 0.5) is 0 Å². The monoisotopic (exact) mass is 454 g/mol. The van der Waals surface area contributed by atoms with E-state index in [0.29, 0.717) is 12.2 Å². The van der Waals surface area contributed by atoms with Crippen LogP contribution in [0.2, 0.25) is 0 Å². The first-order chi connectivity index (χ1) is 15.2. The Balaban J connectivity index is 1.09. The Morgan fingerprint density at radius 1 is 1.19 bits per heavy atom. The molecule has 8 heteroatoms. The Morgan fingerprint density at radius 2 is 2.03 bits per heavy atom. The van der Waals surface area contributed by atoms with Gasteiger partial charge in [0.15, 0.2) is 0 Å². The van der Waals surface area contributed by atoms with Gasteiger partial charge in [-0.15, -0.1) is 22.7 Å². The van der Waals surface area contributed by atoms with Gasteiger partial charge in [0.1, 0.15) is 10.7 Å². The summed E-state index contributed by atoms with van der Waals surface area (Å²) in [6.45, 7) is 3.61. The van der Waals surface area contributed by atoms with Crippen molar-refractivity contribution in [3.8, 4) is 9.88 Å². The summed E-state index contributed by atoms with van der Waals surface area (Å²) in [6.07, 6.45) is 7.99. The SMILES string of the molecule is O=C(NC[C@@H]1CCC2(CCN(Cc3ccncc3)CC2)O1)c1csc(-c2cccs2)n1. The Kier molecular flexibility index (Phi) is 6.13. The number of rotatable bonds is 6. The molecule has 5 heterocycles. The number of thiazole rings is 1. The molecule has 0 aliphatic carbocycles. The van der Waals surface area contributed by atoms with Gasteiger partial charge in [0.2, 0.25) is 0 Å². The van der Waals surface area contributed by atoms with Crippen LogP contribution in [0.15, 0.2) is 47.4 Å². The highest BCUT2D eigenvalue weighted by Gasteiger charge is 2.42. The predicted molar refractivity (Wildman–Crippen MR) is 123 cm³/mol. The van der Waals surface area contributed by atoms with Crippen LogP contribution in [0.25, 0.3) is 9.88 Å². The number of aromatic nitrogens is 2. The van der Waals surface area contributed by atoms with Gasteiger partial charge in [-0.2, -0.15) is 0 Å². The zero-order valence-electron chi connectivity index (χ0n) is 17.3. The van der Waals surface area contributed by atoms with Crippen LogP contribution in [-0.4, -0.2) is 52.1 Å². The Labute approximate surface area is 190 Å². The maximum Gasteiger partial charge on any atom is 0.270 e. The van der Waals surface area contributed by atoms with E-state index in [0.717, 1.165) is 55.2 Å². The first-order valence-corrected chi connectivity index (χ1v) is 12.5. The second-order valence-electron chi connectivity index (χ2n) is 8.32. The lowest BCUT2D eigenvalue weighted by atomic mass is 9.88. The van der Waals surface area contributed by atoms with Crippen LogP contribution in [-0.2, 0) is 11.3 Å². The minimum absolute atomic E-state index is 0.0168. The largest absolute Gasteiger partial charge is 0.370 e. The van der Waals surface area contributed by atoms with E-state index in [2.05, 4.69) is 32.3 Å². The molecule has 2 fully saturated rings. The fraction of sp³-hybridized carbons (Fsp3) is 0.435. The summed E-state index contributed by atoms with van der Waals surface area (Å²) in [6, 6.07) is 8.19. The van der Waals surface area contributed by atoms with E-state index < -0.39 is 0 Å². The Bertz CT molecular complexity index is 998. The third-order valence-corrected chi connectivity index (χ3v) is 8.10. The van der Waals surface area contributed by atoms with Crippen LogP contribution in [0, 0.1) is 0 Å². The third kappa shape index (κ3) is 4.87. The molecule has 1 atom stereocenters. The lowest BCUT2D eigenvalue weighted by Crippen LogP contribution is -2.44. The highest BCUT2D eigenvalue weighted by atomic mass is 32.1. The van der Waals surface area contributed by atoms with E-state index in [1.165, 1.54) is 16.9 Å².